The van der Waals surface area contributed by atoms with Gasteiger partial charge >= 0.3 is 5.97 Å². The van der Waals surface area contributed by atoms with Crippen molar-refractivity contribution in [1.29, 1.82) is 0 Å². The summed E-state index contributed by atoms with van der Waals surface area (Å²) in [6.45, 7) is 14.1. The third kappa shape index (κ3) is 9.45. The highest BCUT2D eigenvalue weighted by molar-refractivity contribution is 7.15. The summed E-state index contributed by atoms with van der Waals surface area (Å²) < 4.78 is 4.57. The standard InChI is InChI=1S/C20H21NO3S.C4H8O.C2H6/c1-4-6-9-14(5-2)18-13(3)12-17(25-18)19(22)21-16-11-8-7-10-15(16)20(23)24;1-3-4-5-2;1-2/h5-12H,4H2,1-3H3,(H,21,22)(H,23,24);3H,1,4H2,2H3;1-2H3/b9-6-,14-5+;;. The molecule has 6 heteroatoms. The number of ether oxygens (including phenoxy) is 1. The van der Waals surface area contributed by atoms with Crippen molar-refractivity contribution in [3.05, 3.63) is 82.1 Å². The van der Waals surface area contributed by atoms with Gasteiger partial charge in [0, 0.05) is 12.0 Å². The fourth-order valence-corrected chi connectivity index (χ4v) is 3.63. The fourth-order valence-electron chi connectivity index (χ4n) is 2.51. The molecule has 0 bridgehead atoms. The average molecular weight is 458 g/mol. The Morgan fingerprint density at radius 3 is 2.41 bits per heavy atom. The molecule has 2 N–H and O–H groups in total. The van der Waals surface area contributed by atoms with Crippen LogP contribution in [0.15, 0.2) is 61.2 Å². The maximum Gasteiger partial charge on any atom is 0.337 e. The van der Waals surface area contributed by atoms with Gasteiger partial charge in [-0.25, -0.2) is 4.79 Å². The van der Waals surface area contributed by atoms with Gasteiger partial charge in [0.05, 0.1) is 22.7 Å². The number of aromatic carboxylic acids is 1. The monoisotopic (exact) mass is 457 g/mol. The van der Waals surface area contributed by atoms with Crippen molar-refractivity contribution < 1.29 is 19.4 Å². The number of hydrogen-bond acceptors (Lipinski definition) is 4. The fraction of sp³-hybridized carbons (Fsp3) is 0.308. The zero-order valence-corrected chi connectivity index (χ0v) is 20.7. The second-order valence-electron chi connectivity index (χ2n) is 6.23. The van der Waals surface area contributed by atoms with Crippen LogP contribution >= 0.6 is 11.3 Å². The van der Waals surface area contributed by atoms with E-state index in [2.05, 4.69) is 35.7 Å². The Morgan fingerprint density at radius 1 is 1.25 bits per heavy atom. The number of rotatable bonds is 8. The highest BCUT2D eigenvalue weighted by atomic mass is 32.1. The zero-order chi connectivity index (χ0) is 24.5. The van der Waals surface area contributed by atoms with Crippen LogP contribution in [0.4, 0.5) is 5.69 Å². The van der Waals surface area contributed by atoms with E-state index in [-0.39, 0.29) is 11.5 Å². The maximum absolute atomic E-state index is 12.5. The number of benzene rings is 1. The van der Waals surface area contributed by atoms with Gasteiger partial charge in [0.25, 0.3) is 5.91 Å². The van der Waals surface area contributed by atoms with E-state index in [1.165, 1.54) is 17.4 Å². The largest absolute Gasteiger partial charge is 0.478 e. The van der Waals surface area contributed by atoms with Gasteiger partial charge in [-0.05, 0) is 49.6 Å². The summed E-state index contributed by atoms with van der Waals surface area (Å²) in [5.74, 6) is -1.37. The third-order valence-electron chi connectivity index (χ3n) is 3.94. The first-order valence-electron chi connectivity index (χ1n) is 10.6. The lowest BCUT2D eigenvalue weighted by Crippen LogP contribution is -2.13. The molecule has 5 nitrogen and oxygen atoms in total. The van der Waals surface area contributed by atoms with E-state index in [0.29, 0.717) is 17.2 Å². The average Bonchev–Trinajstić information content (AvgIpc) is 3.18. The van der Waals surface area contributed by atoms with Gasteiger partial charge in [0.1, 0.15) is 0 Å². The Hall–Kier alpha value is -2.96. The number of hydrogen-bond donors (Lipinski definition) is 2. The van der Waals surface area contributed by atoms with E-state index in [1.807, 2.05) is 39.8 Å². The van der Waals surface area contributed by atoms with Crippen molar-refractivity contribution in [1.82, 2.24) is 0 Å². The Bertz CT molecular complexity index is 926. The van der Waals surface area contributed by atoms with Gasteiger partial charge < -0.3 is 15.2 Å². The summed E-state index contributed by atoms with van der Waals surface area (Å²) in [6.07, 6.45) is 8.81. The van der Waals surface area contributed by atoms with E-state index in [4.69, 9.17) is 0 Å². The molecule has 2 rings (SSSR count). The Kier molecular flexibility index (Phi) is 15.2. The molecule has 2 aromatic rings. The number of allylic oxidation sites excluding steroid dienone is 4. The van der Waals surface area contributed by atoms with Crippen LogP contribution in [0, 0.1) is 6.92 Å². The molecule has 0 spiro atoms. The van der Waals surface area contributed by atoms with E-state index >= 15 is 0 Å². The molecular formula is C26H35NO4S. The quantitative estimate of drug-likeness (QED) is 0.324. The van der Waals surface area contributed by atoms with Crippen molar-refractivity contribution in [2.45, 2.75) is 41.0 Å². The minimum atomic E-state index is -1.07. The highest BCUT2D eigenvalue weighted by Gasteiger charge is 2.17. The molecule has 1 aromatic heterocycles. The van der Waals surface area contributed by atoms with Crippen molar-refractivity contribution in [2.24, 2.45) is 0 Å². The molecule has 32 heavy (non-hydrogen) atoms. The first kappa shape index (κ1) is 29.0. The second kappa shape index (κ2) is 16.7. The van der Waals surface area contributed by atoms with Crippen LogP contribution in [0.2, 0.25) is 0 Å². The van der Waals surface area contributed by atoms with E-state index in [0.717, 1.165) is 22.4 Å². The highest BCUT2D eigenvalue weighted by Crippen LogP contribution is 2.30. The zero-order valence-electron chi connectivity index (χ0n) is 19.9. The molecule has 174 valence electrons. The van der Waals surface area contributed by atoms with Crippen molar-refractivity contribution in [2.75, 3.05) is 19.0 Å². The number of carboxylic acids is 1. The molecule has 1 aromatic carbocycles. The van der Waals surface area contributed by atoms with Gasteiger partial charge in [-0.1, -0.05) is 57.2 Å². The van der Waals surface area contributed by atoms with Gasteiger partial charge in [0.15, 0.2) is 0 Å². The third-order valence-corrected chi connectivity index (χ3v) is 5.22. The molecular weight excluding hydrogens is 422 g/mol. The molecule has 1 amide bonds. The minimum absolute atomic E-state index is 0.0735. The summed E-state index contributed by atoms with van der Waals surface area (Å²) in [7, 11) is 1.64. The summed E-state index contributed by atoms with van der Waals surface area (Å²) in [6, 6.07) is 8.22. The Morgan fingerprint density at radius 2 is 1.91 bits per heavy atom. The molecule has 0 aliphatic carbocycles. The van der Waals surface area contributed by atoms with Gasteiger partial charge in [-0.15, -0.1) is 17.9 Å². The molecule has 0 saturated heterocycles. The topological polar surface area (TPSA) is 75.6 Å². The number of methoxy groups -OCH3 is 1. The van der Waals surface area contributed by atoms with Crippen molar-refractivity contribution >= 4 is 34.5 Å². The lowest BCUT2D eigenvalue weighted by Gasteiger charge is -2.06. The van der Waals surface area contributed by atoms with Gasteiger partial charge in [-0.3, -0.25) is 4.79 Å². The first-order chi connectivity index (χ1) is 15.4. The first-order valence-corrected chi connectivity index (χ1v) is 11.4. The van der Waals surface area contributed by atoms with Crippen LogP contribution in [-0.4, -0.2) is 30.7 Å². The maximum atomic E-state index is 12.5. The normalized spacial score (nSPS) is 10.5. The number of carbonyl (C=O) groups is 2. The van der Waals surface area contributed by atoms with E-state index in [9.17, 15) is 14.7 Å². The number of carbonyl (C=O) groups excluding carboxylic acids is 1. The lowest BCUT2D eigenvalue weighted by molar-refractivity contribution is 0.0698. The molecule has 0 fully saturated rings. The SMILES string of the molecule is C/C=C(\C=C/CC)c1sc(C(=O)Nc2ccccc2C(=O)O)cc1C.C=CCOC.CC. The number of para-hydroxylation sites is 1. The number of amides is 1. The van der Waals surface area contributed by atoms with Crippen LogP contribution in [-0.2, 0) is 4.74 Å². The number of anilines is 1. The predicted molar refractivity (Wildman–Crippen MR) is 137 cm³/mol. The van der Waals surface area contributed by atoms with Crippen LogP contribution in [0.5, 0.6) is 0 Å². The Balaban J connectivity index is 0.00000121. The van der Waals surface area contributed by atoms with E-state index in [1.54, 1.807) is 31.4 Å². The van der Waals surface area contributed by atoms with Crippen LogP contribution < -0.4 is 5.32 Å². The van der Waals surface area contributed by atoms with Gasteiger partial charge in [0.2, 0.25) is 0 Å². The molecule has 0 aliphatic heterocycles. The van der Waals surface area contributed by atoms with Gasteiger partial charge in [-0.2, -0.15) is 0 Å². The molecule has 0 saturated carbocycles. The van der Waals surface area contributed by atoms with Crippen molar-refractivity contribution in [3.63, 3.8) is 0 Å². The summed E-state index contributed by atoms with van der Waals surface area (Å²) in [5.41, 5.74) is 2.47. The minimum Gasteiger partial charge on any atom is -0.478 e. The van der Waals surface area contributed by atoms with E-state index < -0.39 is 5.97 Å². The molecule has 0 unspecified atom stereocenters. The molecule has 0 atom stereocenters. The predicted octanol–water partition coefficient (Wildman–Crippen LogP) is 7.22. The second-order valence-corrected chi connectivity index (χ2v) is 7.28. The number of thiophene rings is 1. The summed E-state index contributed by atoms with van der Waals surface area (Å²) >= 11 is 1.41. The van der Waals surface area contributed by atoms with Crippen LogP contribution in [0.1, 0.15) is 64.6 Å². The van der Waals surface area contributed by atoms with Crippen LogP contribution in [0.3, 0.4) is 0 Å². The number of nitrogens with one attached hydrogen (secondary N) is 1. The molecule has 0 radical (unpaired) electrons. The van der Waals surface area contributed by atoms with Crippen LogP contribution in [0.25, 0.3) is 5.57 Å². The number of carboxylic acid groups (broad SMARTS) is 1. The number of aryl methyl sites for hydroxylation is 1. The summed E-state index contributed by atoms with van der Waals surface area (Å²) in [4.78, 5) is 25.4. The smallest absolute Gasteiger partial charge is 0.337 e. The molecule has 1 heterocycles. The molecule has 0 aliphatic rings. The Labute approximate surface area is 196 Å². The van der Waals surface area contributed by atoms with Crippen molar-refractivity contribution in [3.8, 4) is 0 Å². The lowest BCUT2D eigenvalue weighted by atomic mass is 10.1. The summed E-state index contributed by atoms with van der Waals surface area (Å²) in [5, 5.41) is 11.9.